The number of pyridine rings is 1. The normalized spacial score (nSPS) is 10.6. The van der Waals surface area contributed by atoms with Crippen molar-refractivity contribution in [3.8, 4) is 0 Å². The summed E-state index contributed by atoms with van der Waals surface area (Å²) in [6, 6.07) is 7.84. The van der Waals surface area contributed by atoms with Crippen LogP contribution in [0.15, 0.2) is 30.5 Å². The van der Waals surface area contributed by atoms with Crippen LogP contribution >= 0.6 is 0 Å². The number of hydrogen-bond acceptors (Lipinski definition) is 3. The Morgan fingerprint density at radius 1 is 1.14 bits per heavy atom. The molecule has 0 atom stereocenters. The van der Waals surface area contributed by atoms with Gasteiger partial charge in [-0.1, -0.05) is 50.5 Å². The fraction of sp³-hybridized carbons (Fsp3) is 0.412. The van der Waals surface area contributed by atoms with Crippen molar-refractivity contribution in [3.05, 3.63) is 36.0 Å². The summed E-state index contributed by atoms with van der Waals surface area (Å²) in [6.07, 6.45) is 6.26. The molecule has 2 N–H and O–H groups in total. The van der Waals surface area contributed by atoms with Gasteiger partial charge < -0.3 is 10.6 Å². The van der Waals surface area contributed by atoms with Crippen molar-refractivity contribution in [3.63, 3.8) is 0 Å². The van der Waals surface area contributed by atoms with Crippen LogP contribution in [0.1, 0.15) is 43.0 Å². The van der Waals surface area contributed by atoms with Crippen LogP contribution in [0.5, 0.6) is 0 Å². The molecule has 0 bridgehead atoms. The van der Waals surface area contributed by atoms with Crippen LogP contribution in [-0.4, -0.2) is 24.5 Å². The fourth-order valence-electron chi connectivity index (χ4n) is 2.42. The average Bonchev–Trinajstić information content (AvgIpc) is 2.53. The Labute approximate surface area is 126 Å². The first-order chi connectivity index (χ1) is 10.3. The molecule has 0 spiro atoms. The molecule has 1 aromatic carbocycles. The van der Waals surface area contributed by atoms with E-state index in [0.29, 0.717) is 5.56 Å². The summed E-state index contributed by atoms with van der Waals surface area (Å²) in [5.74, 6) is 0.753. The van der Waals surface area contributed by atoms with E-state index in [1.807, 2.05) is 31.3 Å². The minimum Gasteiger partial charge on any atom is -0.373 e. The van der Waals surface area contributed by atoms with Crippen LogP contribution in [-0.2, 0) is 0 Å². The smallest absolute Gasteiger partial charge is 0.253 e. The van der Waals surface area contributed by atoms with E-state index in [2.05, 4.69) is 22.5 Å². The van der Waals surface area contributed by atoms with E-state index in [9.17, 15) is 4.79 Å². The molecule has 2 rings (SSSR count). The lowest BCUT2D eigenvalue weighted by Gasteiger charge is -2.10. The molecular weight excluding hydrogens is 262 g/mol. The van der Waals surface area contributed by atoms with Crippen molar-refractivity contribution in [1.29, 1.82) is 0 Å². The van der Waals surface area contributed by atoms with Gasteiger partial charge >= 0.3 is 0 Å². The number of benzene rings is 1. The first-order valence-electron chi connectivity index (χ1n) is 7.61. The Bertz CT molecular complexity index is 610. The van der Waals surface area contributed by atoms with Gasteiger partial charge in [0, 0.05) is 25.2 Å². The van der Waals surface area contributed by atoms with E-state index in [1.165, 1.54) is 12.8 Å². The lowest BCUT2D eigenvalue weighted by atomic mass is 10.1. The highest BCUT2D eigenvalue weighted by Crippen LogP contribution is 2.23. The van der Waals surface area contributed by atoms with Gasteiger partial charge in [0.15, 0.2) is 0 Å². The van der Waals surface area contributed by atoms with Crippen LogP contribution in [0, 0.1) is 0 Å². The maximum atomic E-state index is 12.3. The van der Waals surface area contributed by atoms with E-state index in [1.54, 1.807) is 6.20 Å². The first kappa shape index (κ1) is 15.3. The fourth-order valence-corrected chi connectivity index (χ4v) is 2.42. The summed E-state index contributed by atoms with van der Waals surface area (Å²) in [7, 11) is 1.84. The van der Waals surface area contributed by atoms with Crippen molar-refractivity contribution in [1.82, 2.24) is 10.3 Å². The molecular formula is C17H23N3O. The number of fused-ring (bicyclic) bond motifs is 1. The molecule has 1 amide bonds. The number of unbranched alkanes of at least 4 members (excludes halogenated alkanes) is 3. The van der Waals surface area contributed by atoms with Crippen LogP contribution in [0.3, 0.4) is 0 Å². The molecule has 0 aliphatic rings. The topological polar surface area (TPSA) is 54.0 Å². The molecule has 4 heteroatoms. The lowest BCUT2D eigenvalue weighted by Crippen LogP contribution is -2.24. The van der Waals surface area contributed by atoms with E-state index in [0.717, 1.165) is 36.0 Å². The molecule has 1 aromatic heterocycles. The third-order valence-electron chi connectivity index (χ3n) is 3.59. The van der Waals surface area contributed by atoms with Gasteiger partial charge in [0.1, 0.15) is 5.82 Å². The molecule has 21 heavy (non-hydrogen) atoms. The maximum Gasteiger partial charge on any atom is 0.253 e. The number of anilines is 1. The number of aromatic nitrogens is 1. The molecule has 0 unspecified atom stereocenters. The summed E-state index contributed by atoms with van der Waals surface area (Å²) in [6.45, 7) is 2.90. The van der Waals surface area contributed by atoms with Crippen molar-refractivity contribution in [2.45, 2.75) is 32.6 Å². The summed E-state index contributed by atoms with van der Waals surface area (Å²) in [5, 5.41) is 7.95. The summed E-state index contributed by atoms with van der Waals surface area (Å²) < 4.78 is 0. The molecule has 4 nitrogen and oxygen atoms in total. The Morgan fingerprint density at radius 2 is 1.90 bits per heavy atom. The van der Waals surface area contributed by atoms with Gasteiger partial charge in [-0.05, 0) is 11.8 Å². The monoisotopic (exact) mass is 285 g/mol. The second-order valence-electron chi connectivity index (χ2n) is 5.13. The van der Waals surface area contributed by atoms with E-state index < -0.39 is 0 Å². The van der Waals surface area contributed by atoms with E-state index in [4.69, 9.17) is 0 Å². The number of carbonyl (C=O) groups excluding carboxylic acids is 1. The van der Waals surface area contributed by atoms with Crippen LogP contribution < -0.4 is 10.6 Å². The van der Waals surface area contributed by atoms with Gasteiger partial charge in [0.25, 0.3) is 5.91 Å². The van der Waals surface area contributed by atoms with Crippen molar-refractivity contribution >= 4 is 22.5 Å². The third-order valence-corrected chi connectivity index (χ3v) is 3.59. The zero-order chi connectivity index (χ0) is 15.1. The Hall–Kier alpha value is -2.10. The Morgan fingerprint density at radius 3 is 2.62 bits per heavy atom. The van der Waals surface area contributed by atoms with Gasteiger partial charge in [-0.25, -0.2) is 4.98 Å². The highest BCUT2D eigenvalue weighted by Gasteiger charge is 2.12. The molecule has 1 heterocycles. The number of nitrogens with zero attached hydrogens (tertiary/aromatic N) is 1. The van der Waals surface area contributed by atoms with Gasteiger partial charge in [0.2, 0.25) is 0 Å². The first-order valence-corrected chi connectivity index (χ1v) is 7.61. The summed E-state index contributed by atoms with van der Waals surface area (Å²) >= 11 is 0. The van der Waals surface area contributed by atoms with Gasteiger partial charge in [-0.2, -0.15) is 0 Å². The SMILES string of the molecule is CCCCCCNC(=O)c1cnc(NC)c2ccccc12. The van der Waals surface area contributed by atoms with Crippen LogP contribution in [0.4, 0.5) is 5.82 Å². The molecule has 0 saturated carbocycles. The molecule has 2 aromatic rings. The molecule has 0 aliphatic carbocycles. The van der Waals surface area contributed by atoms with E-state index in [-0.39, 0.29) is 5.91 Å². The molecule has 0 fully saturated rings. The second-order valence-corrected chi connectivity index (χ2v) is 5.13. The predicted octanol–water partition coefficient (Wildman–Crippen LogP) is 3.59. The zero-order valence-electron chi connectivity index (χ0n) is 12.8. The van der Waals surface area contributed by atoms with Gasteiger partial charge in [-0.3, -0.25) is 4.79 Å². The number of rotatable bonds is 7. The molecule has 0 aliphatic heterocycles. The van der Waals surface area contributed by atoms with Gasteiger partial charge in [0.05, 0.1) is 5.56 Å². The second kappa shape index (κ2) is 7.62. The minimum absolute atomic E-state index is 0.0437. The number of nitrogens with one attached hydrogen (secondary N) is 2. The maximum absolute atomic E-state index is 12.3. The van der Waals surface area contributed by atoms with Crippen LogP contribution in [0.2, 0.25) is 0 Å². The predicted molar refractivity (Wildman–Crippen MR) is 87.8 cm³/mol. The third kappa shape index (κ3) is 3.72. The quantitative estimate of drug-likeness (QED) is 0.764. The summed E-state index contributed by atoms with van der Waals surface area (Å²) in [5.41, 5.74) is 0.639. The summed E-state index contributed by atoms with van der Waals surface area (Å²) in [4.78, 5) is 16.7. The highest BCUT2D eigenvalue weighted by atomic mass is 16.1. The number of hydrogen-bond donors (Lipinski definition) is 2. The van der Waals surface area contributed by atoms with Gasteiger partial charge in [-0.15, -0.1) is 0 Å². The number of carbonyl (C=O) groups is 1. The zero-order valence-corrected chi connectivity index (χ0v) is 12.8. The lowest BCUT2D eigenvalue weighted by molar-refractivity contribution is 0.0954. The Balaban J connectivity index is 2.13. The van der Waals surface area contributed by atoms with Crippen molar-refractivity contribution < 1.29 is 4.79 Å². The minimum atomic E-state index is -0.0437. The van der Waals surface area contributed by atoms with Crippen LogP contribution in [0.25, 0.3) is 10.8 Å². The number of amides is 1. The standard InChI is InChI=1S/C17H23N3O/c1-3-4-5-8-11-19-17(21)15-12-20-16(18-2)14-10-7-6-9-13(14)15/h6-7,9-10,12H,3-5,8,11H2,1-2H3,(H,18,20)(H,19,21). The van der Waals surface area contributed by atoms with Crippen molar-refractivity contribution in [2.75, 3.05) is 18.9 Å². The molecule has 112 valence electrons. The van der Waals surface area contributed by atoms with Crippen molar-refractivity contribution in [2.24, 2.45) is 0 Å². The highest BCUT2D eigenvalue weighted by molar-refractivity contribution is 6.09. The molecule has 0 saturated heterocycles. The van der Waals surface area contributed by atoms with E-state index >= 15 is 0 Å². The average molecular weight is 285 g/mol. The largest absolute Gasteiger partial charge is 0.373 e. The molecule has 0 radical (unpaired) electrons. The Kier molecular flexibility index (Phi) is 5.55.